The molecule has 0 unspecified atom stereocenters. The second-order valence-electron chi connectivity index (χ2n) is 4.55. The minimum atomic E-state index is -0.353. The molecule has 0 aliphatic carbocycles. The number of halogens is 1. The van der Waals surface area contributed by atoms with Gasteiger partial charge in [-0.25, -0.2) is 4.39 Å². The Morgan fingerprint density at radius 1 is 1.59 bits per heavy atom. The minimum Gasteiger partial charge on any atom is -0.396 e. The predicted octanol–water partition coefficient (Wildman–Crippen LogP) is 2.24. The number of nitrogens with one attached hydrogen (secondary N) is 1. The third-order valence-electron chi connectivity index (χ3n) is 3.20. The Balaban J connectivity index is 1.89. The van der Waals surface area contributed by atoms with Crippen molar-refractivity contribution < 1.29 is 9.13 Å². The maximum absolute atomic E-state index is 13.3. The van der Waals surface area contributed by atoms with Crippen molar-refractivity contribution in [3.8, 4) is 0 Å². The standard InChI is InChI=1S/C13H19FN2O/c1-9(16-8-11-3-2-6-17-11)10-4-5-13(15)12(14)7-10/h4-5,7,9,11,16H,2-3,6,8,15H2,1H3/t9-,11-/m1/s1. The minimum absolute atomic E-state index is 0.106. The van der Waals surface area contributed by atoms with Gasteiger partial charge in [0.25, 0.3) is 0 Å². The van der Waals surface area contributed by atoms with E-state index < -0.39 is 0 Å². The van der Waals surface area contributed by atoms with Gasteiger partial charge in [-0.05, 0) is 37.5 Å². The van der Waals surface area contributed by atoms with Crippen molar-refractivity contribution >= 4 is 5.69 Å². The highest BCUT2D eigenvalue weighted by atomic mass is 19.1. The summed E-state index contributed by atoms with van der Waals surface area (Å²) in [5.41, 5.74) is 6.55. The van der Waals surface area contributed by atoms with Gasteiger partial charge < -0.3 is 15.8 Å². The van der Waals surface area contributed by atoms with Crippen LogP contribution in [-0.2, 0) is 4.74 Å². The highest BCUT2D eigenvalue weighted by Gasteiger charge is 2.16. The van der Waals surface area contributed by atoms with Crippen molar-refractivity contribution in [1.82, 2.24) is 5.32 Å². The number of nitrogen functional groups attached to an aromatic ring is 1. The molecule has 1 aliphatic rings. The molecule has 0 aromatic heterocycles. The zero-order valence-corrected chi connectivity index (χ0v) is 10.1. The summed E-state index contributed by atoms with van der Waals surface area (Å²) in [5.74, 6) is -0.353. The van der Waals surface area contributed by atoms with Crippen LogP contribution in [0.3, 0.4) is 0 Å². The molecule has 1 aliphatic heterocycles. The monoisotopic (exact) mass is 238 g/mol. The fraction of sp³-hybridized carbons (Fsp3) is 0.538. The van der Waals surface area contributed by atoms with Gasteiger partial charge in [-0.3, -0.25) is 0 Å². The molecule has 2 rings (SSSR count). The van der Waals surface area contributed by atoms with Gasteiger partial charge in [0.15, 0.2) is 0 Å². The Bertz CT molecular complexity index is 378. The first-order chi connectivity index (χ1) is 8.16. The second kappa shape index (κ2) is 5.47. The third kappa shape index (κ3) is 3.17. The molecule has 3 N–H and O–H groups in total. The molecule has 0 bridgehead atoms. The Hall–Kier alpha value is -1.13. The molecule has 1 aromatic carbocycles. The first-order valence-corrected chi connectivity index (χ1v) is 6.06. The molecule has 1 aromatic rings. The average Bonchev–Trinajstić information content (AvgIpc) is 2.82. The van der Waals surface area contributed by atoms with Gasteiger partial charge in [-0.1, -0.05) is 6.07 Å². The van der Waals surface area contributed by atoms with Crippen LogP contribution in [0.25, 0.3) is 0 Å². The normalized spacial score (nSPS) is 21.6. The highest BCUT2D eigenvalue weighted by Crippen LogP contribution is 2.19. The maximum Gasteiger partial charge on any atom is 0.146 e. The van der Waals surface area contributed by atoms with E-state index in [1.54, 1.807) is 6.07 Å². The quantitative estimate of drug-likeness (QED) is 0.791. The molecule has 1 fully saturated rings. The molecule has 0 radical (unpaired) electrons. The summed E-state index contributed by atoms with van der Waals surface area (Å²) >= 11 is 0. The van der Waals surface area contributed by atoms with E-state index in [2.05, 4.69) is 5.32 Å². The largest absolute Gasteiger partial charge is 0.396 e. The first-order valence-electron chi connectivity index (χ1n) is 6.06. The Morgan fingerprint density at radius 2 is 2.41 bits per heavy atom. The van der Waals surface area contributed by atoms with Crippen molar-refractivity contribution in [2.45, 2.75) is 31.9 Å². The number of anilines is 1. The zero-order valence-electron chi connectivity index (χ0n) is 10.1. The van der Waals surface area contributed by atoms with E-state index >= 15 is 0 Å². The number of nitrogens with two attached hydrogens (primary N) is 1. The van der Waals surface area contributed by atoms with E-state index in [1.807, 2.05) is 13.0 Å². The maximum atomic E-state index is 13.3. The summed E-state index contributed by atoms with van der Waals surface area (Å²) < 4.78 is 18.8. The molecule has 4 heteroatoms. The third-order valence-corrected chi connectivity index (χ3v) is 3.20. The predicted molar refractivity (Wildman–Crippen MR) is 66.2 cm³/mol. The van der Waals surface area contributed by atoms with Crippen molar-refractivity contribution in [3.63, 3.8) is 0 Å². The van der Waals surface area contributed by atoms with Crippen LogP contribution in [0.4, 0.5) is 10.1 Å². The van der Waals surface area contributed by atoms with Crippen LogP contribution < -0.4 is 11.1 Å². The topological polar surface area (TPSA) is 47.3 Å². The summed E-state index contributed by atoms with van der Waals surface area (Å²) in [6.07, 6.45) is 2.55. The lowest BCUT2D eigenvalue weighted by Gasteiger charge is -2.17. The van der Waals surface area contributed by atoms with Crippen LogP contribution in [0.5, 0.6) is 0 Å². The van der Waals surface area contributed by atoms with Gasteiger partial charge in [0.05, 0.1) is 11.8 Å². The van der Waals surface area contributed by atoms with E-state index in [9.17, 15) is 4.39 Å². The van der Waals surface area contributed by atoms with Crippen LogP contribution >= 0.6 is 0 Å². The number of rotatable bonds is 4. The van der Waals surface area contributed by atoms with Crippen molar-refractivity contribution in [1.29, 1.82) is 0 Å². The first kappa shape index (κ1) is 12.3. The van der Waals surface area contributed by atoms with Crippen molar-refractivity contribution in [2.75, 3.05) is 18.9 Å². The molecule has 94 valence electrons. The fourth-order valence-corrected chi connectivity index (χ4v) is 2.04. The number of hydrogen-bond acceptors (Lipinski definition) is 3. The number of ether oxygens (including phenoxy) is 1. The lowest BCUT2D eigenvalue weighted by atomic mass is 10.1. The lowest BCUT2D eigenvalue weighted by Crippen LogP contribution is -2.28. The van der Waals surface area contributed by atoms with Crippen LogP contribution in [-0.4, -0.2) is 19.3 Å². The molecule has 1 saturated heterocycles. The average molecular weight is 238 g/mol. The Labute approximate surface area is 101 Å². The summed E-state index contributed by atoms with van der Waals surface area (Å²) in [7, 11) is 0. The smallest absolute Gasteiger partial charge is 0.146 e. The molecule has 0 saturated carbocycles. The molecule has 2 atom stereocenters. The van der Waals surface area contributed by atoms with Gasteiger partial charge in [-0.2, -0.15) is 0 Å². The lowest BCUT2D eigenvalue weighted by molar-refractivity contribution is 0.108. The Kier molecular flexibility index (Phi) is 3.97. The van der Waals surface area contributed by atoms with E-state index in [-0.39, 0.29) is 17.5 Å². The van der Waals surface area contributed by atoms with Crippen molar-refractivity contribution in [3.05, 3.63) is 29.6 Å². The van der Waals surface area contributed by atoms with Crippen LogP contribution in [0.1, 0.15) is 31.4 Å². The van der Waals surface area contributed by atoms with Crippen LogP contribution in [0, 0.1) is 5.82 Å². The molecule has 17 heavy (non-hydrogen) atoms. The van der Waals surface area contributed by atoms with E-state index in [1.165, 1.54) is 6.07 Å². The molecule has 1 heterocycles. The van der Waals surface area contributed by atoms with E-state index in [4.69, 9.17) is 10.5 Å². The number of benzene rings is 1. The number of hydrogen-bond donors (Lipinski definition) is 2. The summed E-state index contributed by atoms with van der Waals surface area (Å²) in [6, 6.07) is 5.05. The Morgan fingerprint density at radius 3 is 3.06 bits per heavy atom. The van der Waals surface area contributed by atoms with Gasteiger partial charge in [-0.15, -0.1) is 0 Å². The summed E-state index contributed by atoms with van der Waals surface area (Å²) in [5, 5.41) is 3.36. The van der Waals surface area contributed by atoms with Gasteiger partial charge in [0.1, 0.15) is 5.82 Å². The molecular formula is C13H19FN2O. The van der Waals surface area contributed by atoms with Crippen LogP contribution in [0.15, 0.2) is 18.2 Å². The van der Waals surface area contributed by atoms with Gasteiger partial charge in [0, 0.05) is 19.2 Å². The highest BCUT2D eigenvalue weighted by molar-refractivity contribution is 5.41. The molecule has 0 spiro atoms. The van der Waals surface area contributed by atoms with Gasteiger partial charge in [0.2, 0.25) is 0 Å². The molecule has 3 nitrogen and oxygen atoms in total. The van der Waals surface area contributed by atoms with Gasteiger partial charge >= 0.3 is 0 Å². The van der Waals surface area contributed by atoms with Crippen molar-refractivity contribution in [2.24, 2.45) is 0 Å². The zero-order chi connectivity index (χ0) is 12.3. The fourth-order valence-electron chi connectivity index (χ4n) is 2.04. The molecular weight excluding hydrogens is 219 g/mol. The summed E-state index contributed by atoms with van der Waals surface area (Å²) in [6.45, 7) is 3.68. The summed E-state index contributed by atoms with van der Waals surface area (Å²) in [4.78, 5) is 0. The SMILES string of the molecule is C[C@@H](NC[C@H]1CCCO1)c1ccc(N)c(F)c1. The van der Waals surface area contributed by atoms with Crippen LogP contribution in [0.2, 0.25) is 0 Å². The molecule has 0 amide bonds. The van der Waals surface area contributed by atoms with E-state index in [0.717, 1.165) is 31.6 Å². The second-order valence-corrected chi connectivity index (χ2v) is 4.55. The van der Waals surface area contributed by atoms with E-state index in [0.29, 0.717) is 6.10 Å².